The molecule has 0 radical (unpaired) electrons. The van der Waals surface area contributed by atoms with Crippen LogP contribution in [0, 0.1) is 29.6 Å². The average molecular weight is 296 g/mol. The summed E-state index contributed by atoms with van der Waals surface area (Å²) in [5.74, 6) is -0.380. The first-order chi connectivity index (χ1) is 9.68. The fraction of sp³-hybridized carbons (Fsp3) is 0.667. The smallest absolute Gasteiger partial charge is 0.384 e. The Bertz CT molecular complexity index is 474. The third kappa shape index (κ3) is 4.48. The molecule has 0 saturated carbocycles. The molecule has 1 unspecified atom stereocenters. The highest BCUT2D eigenvalue weighted by Gasteiger charge is 2.47. The van der Waals surface area contributed by atoms with Crippen LogP contribution in [0.25, 0.3) is 0 Å². The Morgan fingerprint density at radius 2 is 1.81 bits per heavy atom. The molecular formula is C15H20O6. The average Bonchev–Trinajstić information content (AvgIpc) is 2.30. The molecule has 0 aromatic heterocycles. The number of hydrogen-bond donors (Lipinski definition) is 0. The van der Waals surface area contributed by atoms with Crippen molar-refractivity contribution in [2.45, 2.75) is 40.4 Å². The summed E-state index contributed by atoms with van der Waals surface area (Å²) in [7, 11) is 0. The monoisotopic (exact) mass is 296 g/mol. The van der Waals surface area contributed by atoms with E-state index >= 15 is 0 Å². The topological polar surface area (TPSA) is 78.9 Å². The predicted octanol–water partition coefficient (Wildman–Crippen LogP) is 1.28. The van der Waals surface area contributed by atoms with Crippen molar-refractivity contribution in [3.05, 3.63) is 0 Å². The summed E-state index contributed by atoms with van der Waals surface area (Å²) in [4.78, 5) is 35.4. The Morgan fingerprint density at radius 1 is 1.29 bits per heavy atom. The third-order valence-electron chi connectivity index (χ3n) is 2.89. The fourth-order valence-electron chi connectivity index (χ4n) is 1.97. The van der Waals surface area contributed by atoms with Crippen molar-refractivity contribution >= 4 is 17.9 Å². The van der Waals surface area contributed by atoms with E-state index in [1.807, 2.05) is 0 Å². The van der Waals surface area contributed by atoms with E-state index in [2.05, 4.69) is 11.8 Å². The Balaban J connectivity index is 2.98. The second-order valence-electron chi connectivity index (χ2n) is 5.48. The number of ether oxygens (including phenoxy) is 3. The largest absolute Gasteiger partial charge is 0.456 e. The third-order valence-corrected chi connectivity index (χ3v) is 2.89. The van der Waals surface area contributed by atoms with Crippen molar-refractivity contribution in [3.63, 3.8) is 0 Å². The van der Waals surface area contributed by atoms with Gasteiger partial charge in [-0.3, -0.25) is 9.59 Å². The van der Waals surface area contributed by atoms with Gasteiger partial charge in [-0.05, 0) is 12.8 Å². The molecule has 0 aliphatic carbocycles. The molecule has 0 aromatic rings. The van der Waals surface area contributed by atoms with Crippen molar-refractivity contribution < 1.29 is 28.6 Å². The van der Waals surface area contributed by atoms with Crippen LogP contribution in [0.1, 0.15) is 34.6 Å². The molecule has 0 N–H and O–H groups in total. The molecule has 1 saturated heterocycles. The number of cyclic esters (lactones) is 2. The standard InChI is InChI=1S/C15H20O6/c1-6-19-11(16)8-7-10(9(2)3)12-13(17)20-15(4,5)21-14(12)18/h9-10,12H,6H2,1-5H3. The van der Waals surface area contributed by atoms with E-state index in [9.17, 15) is 14.4 Å². The normalized spacial score (nSPS) is 19.1. The fourth-order valence-corrected chi connectivity index (χ4v) is 1.97. The van der Waals surface area contributed by atoms with Crippen molar-refractivity contribution in [2.24, 2.45) is 17.8 Å². The molecule has 1 aliphatic heterocycles. The van der Waals surface area contributed by atoms with Crippen LogP contribution in [0.15, 0.2) is 0 Å². The molecule has 6 nitrogen and oxygen atoms in total. The Labute approximate surface area is 124 Å². The lowest BCUT2D eigenvalue weighted by molar-refractivity contribution is -0.242. The lowest BCUT2D eigenvalue weighted by Gasteiger charge is -2.35. The van der Waals surface area contributed by atoms with E-state index in [4.69, 9.17) is 14.2 Å². The number of hydrogen-bond acceptors (Lipinski definition) is 6. The summed E-state index contributed by atoms with van der Waals surface area (Å²) in [6.45, 7) is 8.43. The molecule has 1 heterocycles. The summed E-state index contributed by atoms with van der Waals surface area (Å²) in [6, 6.07) is 0. The Kier molecular flexibility index (Phi) is 5.36. The summed E-state index contributed by atoms with van der Waals surface area (Å²) >= 11 is 0. The van der Waals surface area contributed by atoms with Crippen LogP contribution in [-0.4, -0.2) is 30.3 Å². The van der Waals surface area contributed by atoms with Gasteiger partial charge in [0.25, 0.3) is 5.79 Å². The zero-order valence-electron chi connectivity index (χ0n) is 12.9. The first kappa shape index (κ1) is 17.0. The van der Waals surface area contributed by atoms with Gasteiger partial charge in [-0.15, -0.1) is 0 Å². The predicted molar refractivity (Wildman–Crippen MR) is 72.5 cm³/mol. The van der Waals surface area contributed by atoms with Crippen molar-refractivity contribution in [1.82, 2.24) is 0 Å². The van der Waals surface area contributed by atoms with Gasteiger partial charge >= 0.3 is 17.9 Å². The highest BCUT2D eigenvalue weighted by molar-refractivity contribution is 5.98. The van der Waals surface area contributed by atoms with Crippen LogP contribution >= 0.6 is 0 Å². The van der Waals surface area contributed by atoms with E-state index in [0.717, 1.165) is 0 Å². The Hall–Kier alpha value is -2.03. The van der Waals surface area contributed by atoms with Crippen molar-refractivity contribution in [2.75, 3.05) is 6.61 Å². The number of rotatable bonds is 3. The van der Waals surface area contributed by atoms with Gasteiger partial charge in [0.05, 0.1) is 6.61 Å². The van der Waals surface area contributed by atoms with E-state index in [-0.39, 0.29) is 12.5 Å². The van der Waals surface area contributed by atoms with Crippen LogP contribution in [0.3, 0.4) is 0 Å². The minimum absolute atomic E-state index is 0.141. The van der Waals surface area contributed by atoms with Gasteiger partial charge in [0.15, 0.2) is 5.92 Å². The van der Waals surface area contributed by atoms with E-state index in [1.165, 1.54) is 13.8 Å². The maximum absolute atomic E-state index is 12.0. The molecule has 1 rings (SSSR count). The SMILES string of the molecule is CCOC(=O)C#CC(C(C)C)C1C(=O)OC(C)(C)OC1=O. The van der Waals surface area contributed by atoms with E-state index < -0.39 is 35.5 Å². The van der Waals surface area contributed by atoms with Gasteiger partial charge in [0.2, 0.25) is 0 Å². The number of carbonyl (C=O) groups excluding carboxylic acids is 3. The van der Waals surface area contributed by atoms with Gasteiger partial charge in [-0.25, -0.2) is 4.79 Å². The minimum atomic E-state index is -1.28. The number of esters is 3. The van der Waals surface area contributed by atoms with Gasteiger partial charge in [0, 0.05) is 25.7 Å². The maximum atomic E-state index is 12.0. The zero-order chi connectivity index (χ0) is 16.2. The summed E-state index contributed by atoms with van der Waals surface area (Å²) in [6.07, 6.45) is 0. The molecule has 116 valence electrons. The minimum Gasteiger partial charge on any atom is -0.456 e. The van der Waals surface area contributed by atoms with Crippen molar-refractivity contribution in [3.8, 4) is 11.8 Å². The molecule has 1 fully saturated rings. The molecular weight excluding hydrogens is 276 g/mol. The first-order valence-electron chi connectivity index (χ1n) is 6.82. The summed E-state index contributed by atoms with van der Waals surface area (Å²) in [5.41, 5.74) is 0. The molecule has 0 aromatic carbocycles. The number of carbonyl (C=O) groups is 3. The highest BCUT2D eigenvalue weighted by Crippen LogP contribution is 2.31. The highest BCUT2D eigenvalue weighted by atomic mass is 16.7. The summed E-state index contributed by atoms with van der Waals surface area (Å²) < 4.78 is 14.9. The van der Waals surface area contributed by atoms with Crippen LogP contribution < -0.4 is 0 Å². The molecule has 0 spiro atoms. The van der Waals surface area contributed by atoms with Gasteiger partial charge in [0.1, 0.15) is 0 Å². The molecule has 21 heavy (non-hydrogen) atoms. The molecule has 6 heteroatoms. The lowest BCUT2D eigenvalue weighted by Crippen LogP contribution is -2.49. The molecule has 1 aliphatic rings. The van der Waals surface area contributed by atoms with Crippen LogP contribution in [-0.2, 0) is 28.6 Å². The quantitative estimate of drug-likeness (QED) is 0.338. The Morgan fingerprint density at radius 3 is 2.24 bits per heavy atom. The van der Waals surface area contributed by atoms with Crippen LogP contribution in [0.4, 0.5) is 0 Å². The molecule has 1 atom stereocenters. The lowest BCUT2D eigenvalue weighted by atomic mass is 9.83. The first-order valence-corrected chi connectivity index (χ1v) is 6.82. The second-order valence-corrected chi connectivity index (χ2v) is 5.48. The van der Waals surface area contributed by atoms with Crippen LogP contribution in [0.2, 0.25) is 0 Å². The molecule has 0 bridgehead atoms. The van der Waals surface area contributed by atoms with E-state index in [0.29, 0.717) is 0 Å². The summed E-state index contributed by atoms with van der Waals surface area (Å²) in [5, 5.41) is 0. The van der Waals surface area contributed by atoms with Crippen LogP contribution in [0.5, 0.6) is 0 Å². The van der Waals surface area contributed by atoms with Gasteiger partial charge < -0.3 is 14.2 Å². The maximum Gasteiger partial charge on any atom is 0.384 e. The van der Waals surface area contributed by atoms with Gasteiger partial charge in [-0.2, -0.15) is 0 Å². The second kappa shape index (κ2) is 6.61. The van der Waals surface area contributed by atoms with Gasteiger partial charge in [-0.1, -0.05) is 19.8 Å². The molecule has 0 amide bonds. The van der Waals surface area contributed by atoms with Crippen molar-refractivity contribution in [1.29, 1.82) is 0 Å². The van der Waals surface area contributed by atoms with E-state index in [1.54, 1.807) is 20.8 Å². The zero-order valence-corrected chi connectivity index (χ0v) is 12.9.